The van der Waals surface area contributed by atoms with Crippen LogP contribution in [-0.2, 0) is 11.3 Å². The molecule has 2 heterocycles. The lowest BCUT2D eigenvalue weighted by atomic mass is 10.2. The number of aromatic nitrogens is 2. The van der Waals surface area contributed by atoms with Crippen molar-refractivity contribution in [3.8, 4) is 11.4 Å². The smallest absolute Gasteiger partial charge is 0.266 e. The van der Waals surface area contributed by atoms with E-state index in [-0.39, 0.29) is 17.2 Å². The largest absolute Gasteiger partial charge is 0.495 e. The third-order valence-corrected chi connectivity index (χ3v) is 6.77. The highest BCUT2D eigenvalue weighted by Gasteiger charge is 2.19. The number of ether oxygens (including phenoxy) is 1. The van der Waals surface area contributed by atoms with E-state index in [1.807, 2.05) is 29.0 Å². The van der Waals surface area contributed by atoms with Gasteiger partial charge in [-0.3, -0.25) is 14.2 Å². The lowest BCUT2D eigenvalue weighted by Crippen LogP contribution is -2.28. The second-order valence-electron chi connectivity index (χ2n) is 7.04. The van der Waals surface area contributed by atoms with Crippen LogP contribution < -0.4 is 10.3 Å². The quantitative estimate of drug-likeness (QED) is 0.276. The van der Waals surface area contributed by atoms with Crippen LogP contribution in [0.2, 0.25) is 5.02 Å². The zero-order chi connectivity index (χ0) is 22.7. The average Bonchev–Trinajstić information content (AvgIpc) is 3.30. The second kappa shape index (κ2) is 9.77. The number of carbonyl (C=O) groups is 1. The molecule has 0 aliphatic heterocycles. The van der Waals surface area contributed by atoms with Crippen molar-refractivity contribution in [1.29, 1.82) is 0 Å². The molecule has 0 unspecified atom stereocenters. The number of rotatable bonds is 7. The molecule has 0 fully saturated rings. The molecule has 4 aromatic rings. The maximum Gasteiger partial charge on any atom is 0.266 e. The van der Waals surface area contributed by atoms with Crippen LogP contribution in [0, 0.1) is 0 Å². The zero-order valence-electron chi connectivity index (χ0n) is 17.4. The monoisotopic (exact) mass is 485 g/mol. The Hall–Kier alpha value is -2.81. The van der Waals surface area contributed by atoms with Gasteiger partial charge in [0.1, 0.15) is 5.75 Å². The van der Waals surface area contributed by atoms with Gasteiger partial charge in [0.15, 0.2) is 5.16 Å². The summed E-state index contributed by atoms with van der Waals surface area (Å²) in [4.78, 5) is 32.5. The first-order valence-corrected chi connectivity index (χ1v) is 12.0. The Labute approximate surface area is 198 Å². The molecule has 164 valence electrons. The summed E-state index contributed by atoms with van der Waals surface area (Å²) >= 11 is 8.94. The molecule has 2 aromatic heterocycles. The number of amides is 1. The third-order valence-electron chi connectivity index (χ3n) is 4.88. The Balaban J connectivity index is 1.72. The van der Waals surface area contributed by atoms with Gasteiger partial charge >= 0.3 is 0 Å². The Morgan fingerprint density at radius 3 is 2.81 bits per heavy atom. The number of hydrogen-bond donors (Lipinski definition) is 0. The van der Waals surface area contributed by atoms with Crippen molar-refractivity contribution >= 4 is 51.5 Å². The van der Waals surface area contributed by atoms with Crippen molar-refractivity contribution < 1.29 is 9.53 Å². The summed E-state index contributed by atoms with van der Waals surface area (Å²) < 4.78 is 6.96. The van der Waals surface area contributed by atoms with Crippen molar-refractivity contribution in [1.82, 2.24) is 14.5 Å². The maximum absolute atomic E-state index is 13.4. The molecule has 0 aliphatic carbocycles. The minimum atomic E-state index is -0.252. The average molecular weight is 486 g/mol. The van der Waals surface area contributed by atoms with Gasteiger partial charge in [0.2, 0.25) is 5.91 Å². The van der Waals surface area contributed by atoms with E-state index >= 15 is 0 Å². The summed E-state index contributed by atoms with van der Waals surface area (Å²) in [5.74, 6) is 0.606. The molecule has 32 heavy (non-hydrogen) atoms. The lowest BCUT2D eigenvalue weighted by molar-refractivity contribution is -0.127. The van der Waals surface area contributed by atoms with Crippen LogP contribution in [0.5, 0.6) is 5.75 Å². The van der Waals surface area contributed by atoms with Gasteiger partial charge in [0.25, 0.3) is 5.56 Å². The van der Waals surface area contributed by atoms with E-state index < -0.39 is 0 Å². The Kier molecular flexibility index (Phi) is 6.83. The number of nitrogens with zero attached hydrogens (tertiary/aromatic N) is 3. The minimum Gasteiger partial charge on any atom is -0.495 e. The van der Waals surface area contributed by atoms with Crippen LogP contribution in [0.3, 0.4) is 0 Å². The molecule has 0 saturated heterocycles. The molecule has 0 bridgehead atoms. The highest BCUT2D eigenvalue weighted by Crippen LogP contribution is 2.28. The van der Waals surface area contributed by atoms with Gasteiger partial charge < -0.3 is 9.64 Å². The van der Waals surface area contributed by atoms with Crippen molar-refractivity contribution in [2.75, 3.05) is 19.9 Å². The van der Waals surface area contributed by atoms with Crippen LogP contribution in [0.25, 0.3) is 16.6 Å². The minimum absolute atomic E-state index is 0.0618. The van der Waals surface area contributed by atoms with E-state index in [9.17, 15) is 9.59 Å². The van der Waals surface area contributed by atoms with E-state index in [1.165, 1.54) is 16.3 Å². The van der Waals surface area contributed by atoms with Crippen LogP contribution in [0.15, 0.2) is 69.2 Å². The molecule has 4 rings (SSSR count). The molecular formula is C23H20ClN3O3S2. The first-order valence-electron chi connectivity index (χ1n) is 9.71. The van der Waals surface area contributed by atoms with Crippen molar-refractivity contribution in [3.63, 3.8) is 0 Å². The first-order chi connectivity index (χ1) is 15.5. The normalized spacial score (nSPS) is 11.0. The standard InChI is InChI=1S/C23H20ClN3O3S2/c1-26(12-15-9-10-31-13-15)21(28)14-32-23-25-18-11-16(24)7-8-17(18)22(29)27(23)19-5-3-4-6-20(19)30-2/h3-11,13H,12,14H2,1-2H3. The fraction of sp³-hybridized carbons (Fsp3) is 0.174. The molecule has 0 saturated carbocycles. The Morgan fingerprint density at radius 1 is 1.25 bits per heavy atom. The van der Waals surface area contributed by atoms with Crippen LogP contribution in [0.4, 0.5) is 0 Å². The number of thiophene rings is 1. The summed E-state index contributed by atoms with van der Waals surface area (Å²) in [5.41, 5.74) is 1.87. The molecule has 0 radical (unpaired) electrons. The molecule has 6 nitrogen and oxygen atoms in total. The molecule has 1 amide bonds. The van der Waals surface area contributed by atoms with Gasteiger partial charge in [0.05, 0.1) is 29.5 Å². The second-order valence-corrected chi connectivity index (χ2v) is 9.20. The van der Waals surface area contributed by atoms with E-state index in [1.54, 1.807) is 60.7 Å². The zero-order valence-corrected chi connectivity index (χ0v) is 19.8. The Morgan fingerprint density at radius 2 is 2.06 bits per heavy atom. The van der Waals surface area contributed by atoms with E-state index in [0.717, 1.165) is 5.56 Å². The number of carbonyl (C=O) groups excluding carboxylic acids is 1. The molecular weight excluding hydrogens is 466 g/mol. The number of hydrogen-bond acceptors (Lipinski definition) is 6. The van der Waals surface area contributed by atoms with E-state index in [0.29, 0.717) is 39.1 Å². The maximum atomic E-state index is 13.4. The predicted octanol–water partition coefficient (Wildman–Crippen LogP) is 4.86. The summed E-state index contributed by atoms with van der Waals surface area (Å²) in [6.07, 6.45) is 0. The fourth-order valence-electron chi connectivity index (χ4n) is 3.24. The molecule has 9 heteroatoms. The molecule has 0 aliphatic rings. The number of halogens is 1. The molecule has 0 atom stereocenters. The van der Waals surface area contributed by atoms with E-state index in [2.05, 4.69) is 4.98 Å². The topological polar surface area (TPSA) is 64.4 Å². The third kappa shape index (κ3) is 4.67. The lowest BCUT2D eigenvalue weighted by Gasteiger charge is -2.18. The fourth-order valence-corrected chi connectivity index (χ4v) is 5.02. The summed E-state index contributed by atoms with van der Waals surface area (Å²) in [6, 6.07) is 14.2. The van der Waals surface area contributed by atoms with Gasteiger partial charge in [-0.25, -0.2) is 4.98 Å². The van der Waals surface area contributed by atoms with Gasteiger partial charge in [-0.15, -0.1) is 0 Å². The predicted molar refractivity (Wildman–Crippen MR) is 130 cm³/mol. The highest BCUT2D eigenvalue weighted by atomic mass is 35.5. The summed E-state index contributed by atoms with van der Waals surface area (Å²) in [6.45, 7) is 0.531. The number of benzene rings is 2. The van der Waals surface area contributed by atoms with Gasteiger partial charge in [-0.1, -0.05) is 35.5 Å². The highest BCUT2D eigenvalue weighted by molar-refractivity contribution is 7.99. The number of methoxy groups -OCH3 is 1. The van der Waals surface area contributed by atoms with Crippen molar-refractivity contribution in [3.05, 3.63) is 80.2 Å². The number of para-hydroxylation sites is 2. The SMILES string of the molecule is COc1ccccc1-n1c(SCC(=O)N(C)Cc2ccsc2)nc2cc(Cl)ccc2c1=O. The van der Waals surface area contributed by atoms with Crippen LogP contribution in [0.1, 0.15) is 5.56 Å². The van der Waals surface area contributed by atoms with Gasteiger partial charge in [-0.05, 0) is 52.7 Å². The van der Waals surface area contributed by atoms with Crippen molar-refractivity contribution in [2.45, 2.75) is 11.7 Å². The van der Waals surface area contributed by atoms with Gasteiger partial charge in [-0.2, -0.15) is 11.3 Å². The van der Waals surface area contributed by atoms with Crippen molar-refractivity contribution in [2.24, 2.45) is 0 Å². The molecule has 0 N–H and O–H groups in total. The van der Waals surface area contributed by atoms with Crippen LogP contribution in [-0.4, -0.2) is 40.3 Å². The molecule has 2 aromatic carbocycles. The van der Waals surface area contributed by atoms with E-state index in [4.69, 9.17) is 16.3 Å². The number of fused-ring (bicyclic) bond motifs is 1. The summed E-state index contributed by atoms with van der Waals surface area (Å²) in [7, 11) is 3.31. The summed E-state index contributed by atoms with van der Waals surface area (Å²) in [5, 5.41) is 5.32. The van der Waals surface area contributed by atoms with Crippen LogP contribution >= 0.6 is 34.7 Å². The molecule has 0 spiro atoms. The van der Waals surface area contributed by atoms with Gasteiger partial charge in [0, 0.05) is 18.6 Å². The first kappa shape index (κ1) is 22.4. The Bertz CT molecular complexity index is 1320. The number of thioether (sulfide) groups is 1.